The number of imidazole rings is 1. The van der Waals surface area contributed by atoms with Gasteiger partial charge in [-0.15, -0.1) is 0 Å². The molecular formula is C38H42N8O5. The number of nitrogens with zero attached hydrogens (tertiary/aromatic N) is 5. The van der Waals surface area contributed by atoms with Crippen LogP contribution < -0.4 is 16.0 Å². The van der Waals surface area contributed by atoms with Crippen molar-refractivity contribution >= 4 is 28.8 Å². The number of likely N-dealkylation sites (tertiary alicyclic amines) is 1. The summed E-state index contributed by atoms with van der Waals surface area (Å²) in [6.07, 6.45) is -2.55. The number of aromatic nitrogens is 4. The maximum Gasteiger partial charge on any atom is 0.290 e. The van der Waals surface area contributed by atoms with Gasteiger partial charge in [-0.05, 0) is 36.5 Å². The summed E-state index contributed by atoms with van der Waals surface area (Å²) in [5, 5.41) is 31.0. The van der Waals surface area contributed by atoms with Crippen molar-refractivity contribution in [1.29, 1.82) is 0 Å². The van der Waals surface area contributed by atoms with Gasteiger partial charge in [-0.1, -0.05) is 91.0 Å². The Balaban J connectivity index is 1.22. The van der Waals surface area contributed by atoms with Gasteiger partial charge in [0.15, 0.2) is 29.3 Å². The zero-order chi connectivity index (χ0) is 35.3. The summed E-state index contributed by atoms with van der Waals surface area (Å²) in [6.45, 7) is 4.03. The number of benzene rings is 3. The van der Waals surface area contributed by atoms with Crippen LogP contribution in [0.2, 0.25) is 0 Å². The SMILES string of the molecule is CCNC(=O)[C@H]1O[C@@H](n2cnc3c(NCC(c4ccccc4)c4ccccc4)nc(C(=O)NC4CCCN4Cc4ccccc4)nc32)[C@H](O)[C@@H]1O. The summed E-state index contributed by atoms with van der Waals surface area (Å²) in [6, 6.07) is 30.3. The van der Waals surface area contributed by atoms with Crippen LogP contribution >= 0.6 is 0 Å². The molecule has 2 aliphatic heterocycles. The fourth-order valence-electron chi connectivity index (χ4n) is 6.92. The van der Waals surface area contributed by atoms with Gasteiger partial charge in [-0.2, -0.15) is 0 Å². The number of aliphatic hydroxyl groups excluding tert-OH is 2. The van der Waals surface area contributed by atoms with Gasteiger partial charge in [0.2, 0.25) is 5.82 Å². The van der Waals surface area contributed by atoms with Crippen molar-refractivity contribution in [2.24, 2.45) is 0 Å². The number of likely N-dealkylation sites (N-methyl/N-ethyl adjacent to an activating group) is 1. The van der Waals surface area contributed by atoms with Crippen LogP contribution in [-0.4, -0.2) is 90.6 Å². The summed E-state index contributed by atoms with van der Waals surface area (Å²) in [5.41, 5.74) is 3.88. The number of aliphatic hydroxyl groups is 2. The molecule has 2 amide bonds. The van der Waals surface area contributed by atoms with E-state index in [0.29, 0.717) is 31.0 Å². The van der Waals surface area contributed by atoms with Crippen molar-refractivity contribution in [2.75, 3.05) is 25.0 Å². The topological polar surface area (TPSA) is 167 Å². The Morgan fingerprint density at radius 2 is 1.59 bits per heavy atom. The van der Waals surface area contributed by atoms with Crippen molar-refractivity contribution in [3.8, 4) is 0 Å². The molecule has 5 atom stereocenters. The van der Waals surface area contributed by atoms with E-state index in [1.807, 2.05) is 54.6 Å². The summed E-state index contributed by atoms with van der Waals surface area (Å²) < 4.78 is 7.35. The predicted molar refractivity (Wildman–Crippen MR) is 190 cm³/mol. The number of rotatable bonds is 12. The monoisotopic (exact) mass is 690 g/mol. The van der Waals surface area contributed by atoms with E-state index in [4.69, 9.17) is 9.72 Å². The molecule has 13 heteroatoms. The molecule has 5 aromatic rings. The van der Waals surface area contributed by atoms with Gasteiger partial charge in [-0.3, -0.25) is 19.1 Å². The molecule has 13 nitrogen and oxygen atoms in total. The largest absolute Gasteiger partial charge is 0.387 e. The normalized spacial score (nSPS) is 22.0. The molecule has 7 rings (SSSR count). The highest BCUT2D eigenvalue weighted by Crippen LogP contribution is 2.33. The van der Waals surface area contributed by atoms with E-state index in [9.17, 15) is 19.8 Å². The quantitative estimate of drug-likeness (QED) is 0.131. The van der Waals surface area contributed by atoms with Crippen LogP contribution in [0.4, 0.5) is 5.82 Å². The van der Waals surface area contributed by atoms with Gasteiger partial charge in [-0.25, -0.2) is 15.0 Å². The first kappa shape index (κ1) is 34.2. The predicted octanol–water partition coefficient (Wildman–Crippen LogP) is 3.18. The number of ether oxygens (including phenoxy) is 1. The molecule has 51 heavy (non-hydrogen) atoms. The standard InChI is InChI=1S/C38H42N8O5/c1-2-39-36(49)32-30(47)31(48)38(51-32)46-23-41-29-33(40-21-27(25-15-8-4-9-16-25)26-17-10-5-11-18-26)43-34(44-35(29)46)37(50)42-28-19-12-20-45(28)22-24-13-6-3-7-14-24/h3-11,13-18,23,27-28,30-32,38,47-48H,2,12,19-22H2,1H3,(H,39,49)(H,42,50)(H,40,43,44)/t28?,30-,31+,32-,38+/m0/s1. The third-order valence-corrected chi connectivity index (χ3v) is 9.51. The first-order valence-electron chi connectivity index (χ1n) is 17.4. The summed E-state index contributed by atoms with van der Waals surface area (Å²) >= 11 is 0. The smallest absolute Gasteiger partial charge is 0.290 e. The minimum absolute atomic E-state index is 0.0604. The van der Waals surface area contributed by atoms with Crippen molar-refractivity contribution in [1.82, 2.24) is 35.1 Å². The molecule has 1 unspecified atom stereocenters. The Hall–Kier alpha value is -5.21. The van der Waals surface area contributed by atoms with E-state index in [2.05, 4.69) is 67.2 Å². The lowest BCUT2D eigenvalue weighted by Gasteiger charge is -2.25. The van der Waals surface area contributed by atoms with Crippen LogP contribution in [0.5, 0.6) is 0 Å². The maximum absolute atomic E-state index is 14.0. The van der Waals surface area contributed by atoms with Crippen LogP contribution in [0.15, 0.2) is 97.3 Å². The average Bonchev–Trinajstić information content (AvgIpc) is 3.87. The number of carbonyl (C=O) groups is 2. The van der Waals surface area contributed by atoms with Gasteiger partial charge in [0.1, 0.15) is 12.2 Å². The Kier molecular flexibility index (Phi) is 10.3. The molecular weight excluding hydrogens is 648 g/mol. The van der Waals surface area contributed by atoms with Gasteiger partial charge in [0, 0.05) is 32.1 Å². The summed E-state index contributed by atoms with van der Waals surface area (Å²) in [7, 11) is 0. The van der Waals surface area contributed by atoms with Crippen molar-refractivity contribution in [3.05, 3.63) is 120 Å². The van der Waals surface area contributed by atoms with Crippen LogP contribution in [0.3, 0.4) is 0 Å². The molecule has 0 aliphatic carbocycles. The third kappa shape index (κ3) is 7.33. The molecule has 2 fully saturated rings. The highest BCUT2D eigenvalue weighted by molar-refractivity contribution is 5.94. The Morgan fingerprint density at radius 1 is 0.922 bits per heavy atom. The molecule has 0 spiro atoms. The molecule has 0 saturated carbocycles. The first-order chi connectivity index (χ1) is 24.9. The highest BCUT2D eigenvalue weighted by atomic mass is 16.6. The summed E-state index contributed by atoms with van der Waals surface area (Å²) in [5.74, 6) is -0.843. The number of hydrogen-bond acceptors (Lipinski definition) is 10. The molecule has 0 bridgehead atoms. The second-order valence-corrected chi connectivity index (χ2v) is 12.9. The van der Waals surface area contributed by atoms with Crippen molar-refractivity contribution in [2.45, 2.75) is 62.9 Å². The minimum Gasteiger partial charge on any atom is -0.387 e. The number of anilines is 1. The molecule has 2 saturated heterocycles. The average molecular weight is 691 g/mol. The number of fused-ring (bicyclic) bond motifs is 1. The summed E-state index contributed by atoms with van der Waals surface area (Å²) in [4.78, 5) is 42.8. The van der Waals surface area contributed by atoms with Crippen molar-refractivity contribution in [3.63, 3.8) is 0 Å². The second kappa shape index (κ2) is 15.4. The van der Waals surface area contributed by atoms with Gasteiger partial charge in [0.25, 0.3) is 11.8 Å². The molecule has 264 valence electrons. The van der Waals surface area contributed by atoms with E-state index in [1.165, 1.54) is 10.9 Å². The molecule has 2 aromatic heterocycles. The van der Waals surface area contributed by atoms with Gasteiger partial charge >= 0.3 is 0 Å². The number of amides is 2. The lowest BCUT2D eigenvalue weighted by Crippen LogP contribution is -2.44. The van der Waals surface area contributed by atoms with E-state index in [1.54, 1.807) is 6.92 Å². The molecule has 4 heterocycles. The lowest BCUT2D eigenvalue weighted by molar-refractivity contribution is -0.137. The number of nitrogens with one attached hydrogen (secondary N) is 3. The Labute approximate surface area is 295 Å². The zero-order valence-corrected chi connectivity index (χ0v) is 28.3. The van der Waals surface area contributed by atoms with E-state index >= 15 is 0 Å². The second-order valence-electron chi connectivity index (χ2n) is 12.9. The first-order valence-corrected chi connectivity index (χ1v) is 17.4. The van der Waals surface area contributed by atoms with Gasteiger partial charge < -0.3 is 30.9 Å². The van der Waals surface area contributed by atoms with E-state index in [0.717, 1.165) is 36.1 Å². The minimum atomic E-state index is -1.49. The number of hydrogen-bond donors (Lipinski definition) is 5. The third-order valence-electron chi connectivity index (χ3n) is 9.51. The van der Waals surface area contributed by atoms with E-state index in [-0.39, 0.29) is 23.6 Å². The highest BCUT2D eigenvalue weighted by Gasteiger charge is 2.47. The fourth-order valence-corrected chi connectivity index (χ4v) is 6.92. The fraction of sp³-hybridized carbons (Fsp3) is 0.342. The maximum atomic E-state index is 14.0. The number of carbonyl (C=O) groups excluding carboxylic acids is 2. The van der Waals surface area contributed by atoms with Crippen molar-refractivity contribution < 1.29 is 24.5 Å². The van der Waals surface area contributed by atoms with Crippen LogP contribution in [0, 0.1) is 0 Å². The van der Waals surface area contributed by atoms with E-state index < -0.39 is 36.4 Å². The molecule has 3 aromatic carbocycles. The Bertz CT molecular complexity index is 1900. The van der Waals surface area contributed by atoms with Crippen LogP contribution in [-0.2, 0) is 16.1 Å². The molecule has 5 N–H and O–H groups in total. The lowest BCUT2D eigenvalue weighted by atomic mass is 9.91. The van der Waals surface area contributed by atoms with Gasteiger partial charge in [0.05, 0.1) is 12.5 Å². The van der Waals surface area contributed by atoms with Crippen LogP contribution in [0.1, 0.15) is 59.2 Å². The zero-order valence-electron chi connectivity index (χ0n) is 28.3. The molecule has 0 radical (unpaired) electrons. The Morgan fingerprint density at radius 3 is 2.25 bits per heavy atom. The molecule has 2 aliphatic rings. The van der Waals surface area contributed by atoms with Crippen LogP contribution in [0.25, 0.3) is 11.2 Å².